The van der Waals surface area contributed by atoms with Crippen molar-refractivity contribution < 1.29 is 14.6 Å². The molecule has 0 spiro atoms. The van der Waals surface area contributed by atoms with Gasteiger partial charge in [-0.3, -0.25) is 4.79 Å². The molecule has 0 fully saturated rings. The van der Waals surface area contributed by atoms with Gasteiger partial charge in [0.15, 0.2) is 0 Å². The van der Waals surface area contributed by atoms with Gasteiger partial charge in [-0.1, -0.05) is 0 Å². The van der Waals surface area contributed by atoms with Crippen molar-refractivity contribution in [1.29, 1.82) is 0 Å². The van der Waals surface area contributed by atoms with E-state index in [1.165, 1.54) is 0 Å². The third-order valence-electron chi connectivity index (χ3n) is 2.53. The highest BCUT2D eigenvalue weighted by Crippen LogP contribution is 2.29. The number of carboxylic acids is 1. The van der Waals surface area contributed by atoms with E-state index in [0.717, 1.165) is 15.8 Å². The van der Waals surface area contributed by atoms with E-state index in [1.807, 2.05) is 18.2 Å². The van der Waals surface area contributed by atoms with Crippen molar-refractivity contribution in [3.05, 3.63) is 34.8 Å². The van der Waals surface area contributed by atoms with E-state index in [9.17, 15) is 4.79 Å². The highest BCUT2D eigenvalue weighted by atomic mass is 79.9. The van der Waals surface area contributed by atoms with Gasteiger partial charge in [-0.15, -0.1) is 10.2 Å². The summed E-state index contributed by atoms with van der Waals surface area (Å²) in [5.74, 6) is 0.208. The average Bonchev–Trinajstić information content (AvgIpc) is 2.45. The molecule has 0 atom stereocenters. The fourth-order valence-corrected chi connectivity index (χ4v) is 2.11. The lowest BCUT2D eigenvalue weighted by Gasteiger charge is -2.06. The minimum absolute atomic E-state index is 0.192. The number of halogens is 1. The molecule has 0 saturated carbocycles. The van der Waals surface area contributed by atoms with E-state index in [1.54, 1.807) is 19.2 Å². The number of benzene rings is 1. The summed E-state index contributed by atoms with van der Waals surface area (Å²) in [6.45, 7) is -0.192. The highest BCUT2D eigenvalue weighted by Gasteiger charge is 2.06. The molecule has 1 aromatic heterocycles. The minimum Gasteiger partial charge on any atom is -0.496 e. The first-order valence-electron chi connectivity index (χ1n) is 5.73. The third kappa shape index (κ3) is 3.45. The fraction of sp³-hybridized carbons (Fsp3) is 0.154. The van der Waals surface area contributed by atoms with E-state index in [4.69, 9.17) is 9.84 Å². The van der Waals surface area contributed by atoms with E-state index >= 15 is 0 Å². The van der Waals surface area contributed by atoms with Crippen LogP contribution in [0.25, 0.3) is 11.3 Å². The number of ether oxygens (including phenoxy) is 1. The van der Waals surface area contributed by atoms with E-state index < -0.39 is 5.97 Å². The molecular weight excluding hydrogens is 326 g/mol. The molecule has 0 aliphatic heterocycles. The quantitative estimate of drug-likeness (QED) is 0.871. The molecule has 1 aromatic carbocycles. The molecule has 6 nitrogen and oxygen atoms in total. The molecule has 1 heterocycles. The second-order valence-corrected chi connectivity index (χ2v) is 4.75. The molecule has 2 aromatic rings. The normalized spacial score (nSPS) is 10.1. The summed E-state index contributed by atoms with van der Waals surface area (Å²) in [4.78, 5) is 10.4. The number of hydrogen-bond donors (Lipinski definition) is 2. The van der Waals surface area contributed by atoms with E-state index in [-0.39, 0.29) is 6.54 Å². The molecule has 0 aliphatic rings. The van der Waals surface area contributed by atoms with Crippen LogP contribution in [-0.2, 0) is 4.79 Å². The van der Waals surface area contributed by atoms with Crippen LogP contribution < -0.4 is 10.1 Å². The number of anilines is 1. The maximum atomic E-state index is 10.4. The van der Waals surface area contributed by atoms with Crippen LogP contribution in [0.1, 0.15) is 0 Å². The summed E-state index contributed by atoms with van der Waals surface area (Å²) < 4.78 is 5.99. The zero-order valence-electron chi connectivity index (χ0n) is 10.6. The van der Waals surface area contributed by atoms with Crippen molar-refractivity contribution in [1.82, 2.24) is 10.2 Å². The van der Waals surface area contributed by atoms with E-state index in [2.05, 4.69) is 31.4 Å². The molecule has 104 valence electrons. The Morgan fingerprint density at radius 2 is 2.15 bits per heavy atom. The van der Waals surface area contributed by atoms with Gasteiger partial charge < -0.3 is 15.2 Å². The topological polar surface area (TPSA) is 84.3 Å². The number of nitrogens with zero attached hydrogens (tertiary/aromatic N) is 2. The minimum atomic E-state index is -0.949. The molecule has 0 bridgehead atoms. The van der Waals surface area contributed by atoms with Crippen LogP contribution >= 0.6 is 15.9 Å². The fourth-order valence-electron chi connectivity index (χ4n) is 1.57. The van der Waals surface area contributed by atoms with Crippen LogP contribution in [0.2, 0.25) is 0 Å². The summed E-state index contributed by atoms with van der Waals surface area (Å²) in [6, 6.07) is 9.04. The largest absolute Gasteiger partial charge is 0.496 e. The lowest BCUT2D eigenvalue weighted by Crippen LogP contribution is -2.13. The Bertz CT molecular complexity index is 617. The van der Waals surface area contributed by atoms with Crippen molar-refractivity contribution in [3.8, 4) is 17.0 Å². The van der Waals surface area contributed by atoms with Gasteiger partial charge in [0.1, 0.15) is 18.1 Å². The smallest absolute Gasteiger partial charge is 0.322 e. The molecule has 0 aliphatic carbocycles. The maximum Gasteiger partial charge on any atom is 0.322 e. The first-order chi connectivity index (χ1) is 9.60. The number of aromatic nitrogens is 2. The number of aliphatic carboxylic acids is 1. The molecule has 0 unspecified atom stereocenters. The summed E-state index contributed by atoms with van der Waals surface area (Å²) in [5, 5.41) is 19.2. The number of nitrogens with one attached hydrogen (secondary N) is 1. The number of carbonyl (C=O) groups is 1. The number of hydrogen-bond acceptors (Lipinski definition) is 5. The first-order valence-corrected chi connectivity index (χ1v) is 6.53. The van der Waals surface area contributed by atoms with Gasteiger partial charge >= 0.3 is 5.97 Å². The van der Waals surface area contributed by atoms with Gasteiger partial charge in [0.05, 0.1) is 17.3 Å². The summed E-state index contributed by atoms with van der Waals surface area (Å²) >= 11 is 3.41. The van der Waals surface area contributed by atoms with Gasteiger partial charge in [0.2, 0.25) is 0 Å². The Hall–Kier alpha value is -2.15. The van der Waals surface area contributed by atoms with Crippen molar-refractivity contribution in [2.24, 2.45) is 0 Å². The van der Waals surface area contributed by atoms with Gasteiger partial charge in [0, 0.05) is 5.56 Å². The van der Waals surface area contributed by atoms with Crippen LogP contribution in [-0.4, -0.2) is 34.9 Å². The van der Waals surface area contributed by atoms with Crippen LogP contribution in [0.5, 0.6) is 5.75 Å². The Morgan fingerprint density at radius 3 is 2.70 bits per heavy atom. The molecule has 2 rings (SSSR count). The van der Waals surface area contributed by atoms with Crippen molar-refractivity contribution >= 4 is 27.7 Å². The molecule has 2 N–H and O–H groups in total. The second-order valence-electron chi connectivity index (χ2n) is 3.90. The van der Waals surface area contributed by atoms with Gasteiger partial charge in [0.25, 0.3) is 0 Å². The van der Waals surface area contributed by atoms with Crippen LogP contribution in [0.3, 0.4) is 0 Å². The molecule has 0 radical (unpaired) electrons. The maximum absolute atomic E-state index is 10.4. The molecule has 20 heavy (non-hydrogen) atoms. The Labute approximate surface area is 123 Å². The lowest BCUT2D eigenvalue weighted by atomic mass is 10.1. The second kappa shape index (κ2) is 6.33. The summed E-state index contributed by atoms with van der Waals surface area (Å²) in [6.07, 6.45) is 0. The number of rotatable bonds is 5. The standard InChI is InChI=1S/C13H12BrN3O3/c1-20-11-4-2-8(6-9(11)14)10-3-5-12(17-16-10)15-7-13(18)19/h2-6H,7H2,1H3,(H,15,17)(H,18,19). The Kier molecular flexibility index (Phi) is 4.52. The average molecular weight is 338 g/mol. The number of methoxy groups -OCH3 is 1. The SMILES string of the molecule is COc1ccc(-c2ccc(NCC(=O)O)nn2)cc1Br. The molecule has 7 heteroatoms. The Balaban J connectivity index is 2.17. The van der Waals surface area contributed by atoms with Crippen LogP contribution in [0, 0.1) is 0 Å². The van der Waals surface area contributed by atoms with Crippen LogP contribution in [0.4, 0.5) is 5.82 Å². The summed E-state index contributed by atoms with van der Waals surface area (Å²) in [5.41, 5.74) is 1.57. The Morgan fingerprint density at radius 1 is 1.35 bits per heavy atom. The zero-order valence-corrected chi connectivity index (χ0v) is 12.2. The van der Waals surface area contributed by atoms with Crippen molar-refractivity contribution in [2.45, 2.75) is 0 Å². The zero-order chi connectivity index (χ0) is 14.5. The first kappa shape index (κ1) is 14.3. The highest BCUT2D eigenvalue weighted by molar-refractivity contribution is 9.10. The molecular formula is C13H12BrN3O3. The number of carboxylic acid groups (broad SMARTS) is 1. The lowest BCUT2D eigenvalue weighted by molar-refractivity contribution is -0.134. The predicted octanol–water partition coefficient (Wildman–Crippen LogP) is 2.41. The van der Waals surface area contributed by atoms with Crippen LogP contribution in [0.15, 0.2) is 34.8 Å². The van der Waals surface area contributed by atoms with Gasteiger partial charge in [-0.25, -0.2) is 0 Å². The van der Waals surface area contributed by atoms with Gasteiger partial charge in [-0.2, -0.15) is 0 Å². The third-order valence-corrected chi connectivity index (χ3v) is 3.15. The monoisotopic (exact) mass is 337 g/mol. The van der Waals surface area contributed by atoms with Crippen molar-refractivity contribution in [2.75, 3.05) is 19.0 Å². The molecule has 0 saturated heterocycles. The van der Waals surface area contributed by atoms with Crippen molar-refractivity contribution in [3.63, 3.8) is 0 Å². The summed E-state index contributed by atoms with van der Waals surface area (Å²) in [7, 11) is 1.60. The van der Waals surface area contributed by atoms with Gasteiger partial charge in [-0.05, 0) is 46.3 Å². The van der Waals surface area contributed by atoms with E-state index in [0.29, 0.717) is 11.5 Å². The molecule has 0 amide bonds. The predicted molar refractivity (Wildman–Crippen MR) is 77.8 cm³/mol.